The Labute approximate surface area is 63.8 Å². The lowest BCUT2D eigenvalue weighted by molar-refractivity contribution is -0.0828. The van der Waals surface area contributed by atoms with Crippen molar-refractivity contribution in [2.75, 3.05) is 0 Å². The van der Waals surface area contributed by atoms with Crippen LogP contribution in [0.3, 0.4) is 0 Å². The van der Waals surface area contributed by atoms with Gasteiger partial charge in [-0.3, -0.25) is 0 Å². The lowest BCUT2D eigenvalue weighted by Crippen LogP contribution is -2.35. The van der Waals surface area contributed by atoms with Crippen LogP contribution in [0.15, 0.2) is 0 Å². The molecule has 4 atom stereocenters. The van der Waals surface area contributed by atoms with Crippen molar-refractivity contribution in [1.29, 1.82) is 0 Å². The summed E-state index contributed by atoms with van der Waals surface area (Å²) in [7, 11) is 0. The van der Waals surface area contributed by atoms with Gasteiger partial charge in [-0.1, -0.05) is 13.8 Å². The van der Waals surface area contributed by atoms with Gasteiger partial charge in [-0.15, -0.1) is 0 Å². The third-order valence-electron chi connectivity index (χ3n) is 2.79. The van der Waals surface area contributed by atoms with Crippen molar-refractivity contribution < 1.29 is 4.74 Å². The van der Waals surface area contributed by atoms with E-state index in [1.165, 1.54) is 6.42 Å². The Morgan fingerprint density at radius 3 is 2.20 bits per heavy atom. The Hall–Kier alpha value is -0.0400. The molecule has 0 aliphatic carbocycles. The second-order valence-corrected chi connectivity index (χ2v) is 3.72. The average Bonchev–Trinajstić information content (AvgIpc) is 1.82. The average molecular weight is 142 g/mol. The molecule has 0 aromatic carbocycles. The second-order valence-electron chi connectivity index (χ2n) is 3.72. The predicted octanol–water partition coefficient (Wildman–Crippen LogP) is 2.46. The van der Waals surface area contributed by atoms with Crippen LogP contribution >= 0.6 is 0 Å². The lowest BCUT2D eigenvalue weighted by Gasteiger charge is -2.35. The van der Waals surface area contributed by atoms with E-state index >= 15 is 0 Å². The van der Waals surface area contributed by atoms with Gasteiger partial charge in [0.15, 0.2) is 0 Å². The third kappa shape index (κ3) is 1.51. The summed E-state index contributed by atoms with van der Waals surface area (Å²) in [4.78, 5) is 0. The molecule has 0 spiro atoms. The van der Waals surface area contributed by atoms with Crippen LogP contribution in [0.2, 0.25) is 0 Å². The monoisotopic (exact) mass is 142 g/mol. The van der Waals surface area contributed by atoms with Gasteiger partial charge in [0.05, 0.1) is 12.2 Å². The first-order valence-corrected chi connectivity index (χ1v) is 4.26. The minimum atomic E-state index is 0.457. The fourth-order valence-electron chi connectivity index (χ4n) is 1.75. The topological polar surface area (TPSA) is 9.23 Å². The minimum Gasteiger partial charge on any atom is -0.375 e. The van der Waals surface area contributed by atoms with Crippen LogP contribution in [0.5, 0.6) is 0 Å². The van der Waals surface area contributed by atoms with E-state index in [9.17, 15) is 0 Å². The second kappa shape index (κ2) is 2.91. The van der Waals surface area contributed by atoms with Crippen molar-refractivity contribution in [2.24, 2.45) is 11.8 Å². The number of hydrogen-bond donors (Lipinski definition) is 0. The summed E-state index contributed by atoms with van der Waals surface area (Å²) >= 11 is 0. The molecule has 1 heteroatoms. The quantitative estimate of drug-likeness (QED) is 0.505. The van der Waals surface area contributed by atoms with Gasteiger partial charge < -0.3 is 4.74 Å². The van der Waals surface area contributed by atoms with Crippen molar-refractivity contribution in [2.45, 2.75) is 46.3 Å². The molecule has 0 unspecified atom stereocenters. The zero-order valence-corrected chi connectivity index (χ0v) is 7.42. The summed E-state index contributed by atoms with van der Waals surface area (Å²) in [6.45, 7) is 8.94. The standard InChI is InChI=1S/C9H18O/c1-6-5-7(2)10-9(4)8(6)3/h6-9H,5H2,1-4H3/t6-,7-,8+,9-/m0/s1. The molecule has 10 heavy (non-hydrogen) atoms. The van der Waals surface area contributed by atoms with Crippen molar-refractivity contribution in [3.63, 3.8) is 0 Å². The van der Waals surface area contributed by atoms with E-state index < -0.39 is 0 Å². The Kier molecular flexibility index (Phi) is 2.35. The highest BCUT2D eigenvalue weighted by molar-refractivity contribution is 4.76. The molecule has 60 valence electrons. The van der Waals surface area contributed by atoms with Crippen LogP contribution < -0.4 is 0 Å². The Morgan fingerprint density at radius 1 is 1.10 bits per heavy atom. The fraction of sp³-hybridized carbons (Fsp3) is 1.00. The summed E-state index contributed by atoms with van der Waals surface area (Å²) in [5, 5.41) is 0. The van der Waals surface area contributed by atoms with E-state index in [0.29, 0.717) is 12.2 Å². The fourth-order valence-corrected chi connectivity index (χ4v) is 1.75. The van der Waals surface area contributed by atoms with Gasteiger partial charge in [0.25, 0.3) is 0 Å². The summed E-state index contributed by atoms with van der Waals surface area (Å²) in [6.07, 6.45) is 2.16. The highest BCUT2D eigenvalue weighted by Crippen LogP contribution is 2.29. The zero-order chi connectivity index (χ0) is 7.72. The van der Waals surface area contributed by atoms with Crippen molar-refractivity contribution >= 4 is 0 Å². The summed E-state index contributed by atoms with van der Waals surface area (Å²) < 4.78 is 5.67. The van der Waals surface area contributed by atoms with Crippen molar-refractivity contribution in [3.05, 3.63) is 0 Å². The first kappa shape index (κ1) is 8.06. The van der Waals surface area contributed by atoms with Gasteiger partial charge in [-0.2, -0.15) is 0 Å². The predicted molar refractivity (Wildman–Crippen MR) is 43.0 cm³/mol. The molecule has 1 fully saturated rings. The summed E-state index contributed by atoms with van der Waals surface area (Å²) in [5.41, 5.74) is 0. The molecular weight excluding hydrogens is 124 g/mol. The maximum Gasteiger partial charge on any atom is 0.0578 e. The molecule has 1 rings (SSSR count). The van der Waals surface area contributed by atoms with Gasteiger partial charge in [-0.05, 0) is 32.1 Å². The van der Waals surface area contributed by atoms with Crippen LogP contribution in [0.1, 0.15) is 34.1 Å². The van der Waals surface area contributed by atoms with Gasteiger partial charge in [0, 0.05) is 0 Å². The summed E-state index contributed by atoms with van der Waals surface area (Å²) in [5.74, 6) is 1.56. The maximum absolute atomic E-state index is 5.67. The Bertz CT molecular complexity index is 99.3. The Morgan fingerprint density at radius 2 is 1.70 bits per heavy atom. The third-order valence-corrected chi connectivity index (χ3v) is 2.79. The Balaban J connectivity index is 2.49. The molecule has 0 N–H and O–H groups in total. The van der Waals surface area contributed by atoms with Crippen LogP contribution in [0.25, 0.3) is 0 Å². The van der Waals surface area contributed by atoms with Crippen LogP contribution in [0.4, 0.5) is 0 Å². The maximum atomic E-state index is 5.67. The molecule has 0 radical (unpaired) electrons. The number of rotatable bonds is 0. The minimum absolute atomic E-state index is 0.457. The number of hydrogen-bond acceptors (Lipinski definition) is 1. The van der Waals surface area contributed by atoms with Crippen LogP contribution in [-0.2, 0) is 4.74 Å². The molecule has 0 bridgehead atoms. The van der Waals surface area contributed by atoms with E-state index in [2.05, 4.69) is 27.7 Å². The highest BCUT2D eigenvalue weighted by atomic mass is 16.5. The molecule has 1 nitrogen and oxygen atoms in total. The van der Waals surface area contributed by atoms with Crippen molar-refractivity contribution in [1.82, 2.24) is 0 Å². The molecular formula is C9H18O. The normalized spacial score (nSPS) is 49.2. The zero-order valence-electron chi connectivity index (χ0n) is 7.42. The van der Waals surface area contributed by atoms with E-state index in [-0.39, 0.29) is 0 Å². The van der Waals surface area contributed by atoms with Crippen LogP contribution in [0, 0.1) is 11.8 Å². The van der Waals surface area contributed by atoms with E-state index in [1.54, 1.807) is 0 Å². The highest BCUT2D eigenvalue weighted by Gasteiger charge is 2.27. The number of ether oxygens (including phenoxy) is 1. The molecule has 0 aromatic rings. The first-order valence-electron chi connectivity index (χ1n) is 4.26. The van der Waals surface area contributed by atoms with E-state index in [4.69, 9.17) is 4.74 Å². The first-order chi connectivity index (χ1) is 4.61. The lowest BCUT2D eigenvalue weighted by atomic mass is 9.85. The largest absolute Gasteiger partial charge is 0.375 e. The molecule has 0 aromatic heterocycles. The molecule has 1 heterocycles. The van der Waals surface area contributed by atoms with E-state index in [1.807, 2.05) is 0 Å². The molecule has 0 saturated carbocycles. The molecule has 1 aliphatic rings. The van der Waals surface area contributed by atoms with Gasteiger partial charge in [0.1, 0.15) is 0 Å². The van der Waals surface area contributed by atoms with Gasteiger partial charge >= 0.3 is 0 Å². The smallest absolute Gasteiger partial charge is 0.0578 e. The van der Waals surface area contributed by atoms with Gasteiger partial charge in [0.2, 0.25) is 0 Å². The van der Waals surface area contributed by atoms with E-state index in [0.717, 1.165) is 11.8 Å². The van der Waals surface area contributed by atoms with Gasteiger partial charge in [-0.25, -0.2) is 0 Å². The SMILES string of the molecule is C[C@H]1[C@H](C)O[C@@H](C)C[C@@H]1C. The summed E-state index contributed by atoms with van der Waals surface area (Å²) in [6, 6.07) is 0. The molecule has 1 aliphatic heterocycles. The molecule has 0 amide bonds. The molecule has 1 saturated heterocycles. The van der Waals surface area contributed by atoms with Crippen LogP contribution in [-0.4, -0.2) is 12.2 Å². The van der Waals surface area contributed by atoms with Crippen molar-refractivity contribution in [3.8, 4) is 0 Å².